The van der Waals surface area contributed by atoms with Gasteiger partial charge in [0, 0.05) is 47.9 Å². The van der Waals surface area contributed by atoms with Gasteiger partial charge in [0.15, 0.2) is 0 Å². The number of urea groups is 1. The van der Waals surface area contributed by atoms with Crippen LogP contribution in [-0.4, -0.2) is 38.9 Å². The molecule has 39 heavy (non-hydrogen) atoms. The van der Waals surface area contributed by atoms with E-state index in [1.54, 1.807) is 36.5 Å². The van der Waals surface area contributed by atoms with Gasteiger partial charge in [0.1, 0.15) is 5.82 Å². The van der Waals surface area contributed by atoms with Crippen LogP contribution in [0.5, 0.6) is 0 Å². The quantitative estimate of drug-likeness (QED) is 0.265. The third-order valence-electron chi connectivity index (χ3n) is 6.27. The number of nitro benzene ring substituents is 1. The molecule has 0 aliphatic carbocycles. The number of fused-ring (bicyclic) bond motifs is 1. The average Bonchev–Trinajstić information content (AvgIpc) is 2.93. The molecule has 2 N–H and O–H groups in total. The maximum Gasteiger partial charge on any atom is 0.330 e. The average molecular weight is 525 g/mol. The molecule has 0 spiro atoms. The Labute approximate surface area is 223 Å². The minimum absolute atomic E-state index is 0.101. The largest absolute Gasteiger partial charge is 0.330 e. The summed E-state index contributed by atoms with van der Waals surface area (Å²) in [6, 6.07) is 14.0. The summed E-state index contributed by atoms with van der Waals surface area (Å²) in [4.78, 5) is 52.8. The number of hydrogen-bond acceptors (Lipinski definition) is 8. The van der Waals surface area contributed by atoms with E-state index in [-0.39, 0.29) is 23.8 Å². The Balaban J connectivity index is 1.36. The van der Waals surface area contributed by atoms with Gasteiger partial charge in [0.25, 0.3) is 11.6 Å². The fraction of sp³-hybridized carbons (Fsp3) is 0.148. The predicted octanol–water partition coefficient (Wildman–Crippen LogP) is 4.97. The lowest BCUT2D eigenvalue weighted by atomic mass is 10.1. The zero-order valence-electron chi connectivity index (χ0n) is 21.4. The second-order valence-corrected chi connectivity index (χ2v) is 9.04. The SMILES string of the molecule is Cc1ccc(Nc2ncc3c(n2)N(C)C(=O)N(c2cc(NC(=O)c4ccc([N+](=O)[O-])cc4)ccc2C)C3)cn1. The van der Waals surface area contributed by atoms with Gasteiger partial charge in [0.2, 0.25) is 5.95 Å². The van der Waals surface area contributed by atoms with Crippen LogP contribution in [0.15, 0.2) is 67.0 Å². The van der Waals surface area contributed by atoms with Crippen molar-refractivity contribution in [3.8, 4) is 0 Å². The summed E-state index contributed by atoms with van der Waals surface area (Å²) >= 11 is 0. The molecule has 0 saturated carbocycles. The van der Waals surface area contributed by atoms with Crippen molar-refractivity contribution >= 4 is 46.5 Å². The van der Waals surface area contributed by atoms with Gasteiger partial charge in [-0.25, -0.2) is 9.78 Å². The number of non-ortho nitro benzene ring substituents is 1. The smallest absolute Gasteiger partial charge is 0.323 e. The Morgan fingerprint density at radius 3 is 2.44 bits per heavy atom. The van der Waals surface area contributed by atoms with Crippen LogP contribution in [0.1, 0.15) is 27.2 Å². The summed E-state index contributed by atoms with van der Waals surface area (Å²) in [6.45, 7) is 4.01. The van der Waals surface area contributed by atoms with E-state index in [9.17, 15) is 19.7 Å². The van der Waals surface area contributed by atoms with Gasteiger partial charge in [-0.15, -0.1) is 0 Å². The summed E-state index contributed by atoms with van der Waals surface area (Å²) < 4.78 is 0. The molecule has 196 valence electrons. The van der Waals surface area contributed by atoms with Gasteiger partial charge >= 0.3 is 6.03 Å². The molecule has 0 saturated heterocycles. The molecule has 0 unspecified atom stereocenters. The number of nitro groups is 1. The summed E-state index contributed by atoms with van der Waals surface area (Å²) in [5, 5.41) is 16.8. The normalized spacial score (nSPS) is 12.6. The molecule has 12 heteroatoms. The summed E-state index contributed by atoms with van der Waals surface area (Å²) in [7, 11) is 1.65. The molecule has 1 aliphatic rings. The minimum atomic E-state index is -0.525. The minimum Gasteiger partial charge on any atom is -0.323 e. The van der Waals surface area contributed by atoms with E-state index >= 15 is 0 Å². The third-order valence-corrected chi connectivity index (χ3v) is 6.27. The van der Waals surface area contributed by atoms with Crippen molar-refractivity contribution in [1.82, 2.24) is 15.0 Å². The highest BCUT2D eigenvalue weighted by Crippen LogP contribution is 2.33. The fourth-order valence-corrected chi connectivity index (χ4v) is 4.14. The van der Waals surface area contributed by atoms with Crippen molar-refractivity contribution in [2.45, 2.75) is 20.4 Å². The van der Waals surface area contributed by atoms with Crippen LogP contribution in [0.3, 0.4) is 0 Å². The summed E-state index contributed by atoms with van der Waals surface area (Å²) in [6.07, 6.45) is 3.36. The highest BCUT2D eigenvalue weighted by molar-refractivity contribution is 6.07. The predicted molar refractivity (Wildman–Crippen MR) is 146 cm³/mol. The molecule has 0 atom stereocenters. The van der Waals surface area contributed by atoms with Crippen molar-refractivity contribution in [3.05, 3.63) is 99.5 Å². The number of carbonyl (C=O) groups excluding carboxylic acids is 2. The van der Waals surface area contributed by atoms with Gasteiger partial charge in [-0.3, -0.25) is 29.7 Å². The van der Waals surface area contributed by atoms with E-state index in [0.29, 0.717) is 23.1 Å². The molecular formula is C27H24N8O4. The first-order valence-electron chi connectivity index (χ1n) is 12.0. The van der Waals surface area contributed by atoms with Gasteiger partial charge in [-0.05, 0) is 55.8 Å². The van der Waals surface area contributed by atoms with Gasteiger partial charge in [-0.2, -0.15) is 4.98 Å². The molecular weight excluding hydrogens is 500 g/mol. The lowest BCUT2D eigenvalue weighted by molar-refractivity contribution is -0.384. The molecule has 0 bridgehead atoms. The number of benzene rings is 2. The third kappa shape index (κ3) is 5.21. The van der Waals surface area contributed by atoms with Gasteiger partial charge < -0.3 is 10.6 Å². The molecule has 3 heterocycles. The molecule has 3 amide bonds. The number of nitrogens with one attached hydrogen (secondary N) is 2. The Morgan fingerprint density at radius 2 is 1.74 bits per heavy atom. The van der Waals surface area contributed by atoms with Gasteiger partial charge in [-0.1, -0.05) is 6.07 Å². The number of nitrogens with zero attached hydrogens (tertiary/aromatic N) is 6. The molecule has 12 nitrogen and oxygen atoms in total. The molecule has 0 radical (unpaired) electrons. The molecule has 2 aromatic carbocycles. The van der Waals surface area contributed by atoms with Crippen molar-refractivity contribution < 1.29 is 14.5 Å². The highest BCUT2D eigenvalue weighted by atomic mass is 16.6. The number of hydrogen-bond donors (Lipinski definition) is 2. The van der Waals surface area contributed by atoms with E-state index in [1.165, 1.54) is 29.2 Å². The van der Waals surface area contributed by atoms with E-state index in [0.717, 1.165) is 22.5 Å². The highest BCUT2D eigenvalue weighted by Gasteiger charge is 2.31. The topological polar surface area (TPSA) is 146 Å². The first kappa shape index (κ1) is 25.3. The van der Waals surface area contributed by atoms with Crippen LogP contribution < -0.4 is 20.4 Å². The zero-order valence-corrected chi connectivity index (χ0v) is 21.4. The maximum absolute atomic E-state index is 13.4. The number of amides is 3. The van der Waals surface area contributed by atoms with Crippen LogP contribution >= 0.6 is 0 Å². The second-order valence-electron chi connectivity index (χ2n) is 9.04. The maximum atomic E-state index is 13.4. The van der Waals surface area contributed by atoms with Crippen LogP contribution in [0, 0.1) is 24.0 Å². The Morgan fingerprint density at radius 1 is 1.00 bits per heavy atom. The van der Waals surface area contributed by atoms with E-state index in [2.05, 4.69) is 25.6 Å². The molecule has 2 aromatic heterocycles. The Bertz CT molecular complexity index is 1590. The monoisotopic (exact) mass is 524 g/mol. The number of aryl methyl sites for hydroxylation is 2. The molecule has 0 fully saturated rings. The fourth-order valence-electron chi connectivity index (χ4n) is 4.14. The Kier molecular flexibility index (Phi) is 6.59. The standard InChI is InChI=1S/C27H24N8O4/c1-16-4-8-20(30-25(36)18-6-10-22(11-7-18)35(38)39)12-23(16)34-15-19-13-29-26(32-24(19)33(3)27(34)37)31-21-9-5-17(2)28-14-21/h4-14H,15H2,1-3H3,(H,30,36)(H,29,31,32). The van der Waals surface area contributed by atoms with Crippen LogP contribution in [-0.2, 0) is 6.54 Å². The van der Waals surface area contributed by atoms with Crippen LogP contribution in [0.25, 0.3) is 0 Å². The number of pyridine rings is 1. The lowest BCUT2D eigenvalue weighted by Crippen LogP contribution is -2.46. The number of aromatic nitrogens is 3. The van der Waals surface area contributed by atoms with E-state index in [1.807, 2.05) is 32.0 Å². The number of rotatable bonds is 6. The Hall–Kier alpha value is -5.39. The van der Waals surface area contributed by atoms with Crippen LogP contribution in [0.2, 0.25) is 0 Å². The summed E-state index contributed by atoms with van der Waals surface area (Å²) in [5.41, 5.74) is 4.47. The van der Waals surface area contributed by atoms with Crippen molar-refractivity contribution in [2.75, 3.05) is 27.5 Å². The van der Waals surface area contributed by atoms with E-state index in [4.69, 9.17) is 0 Å². The number of carbonyl (C=O) groups is 2. The van der Waals surface area contributed by atoms with Crippen LogP contribution in [0.4, 0.5) is 39.3 Å². The second kappa shape index (κ2) is 10.2. The molecule has 4 aromatic rings. The van der Waals surface area contributed by atoms with Crippen molar-refractivity contribution in [1.29, 1.82) is 0 Å². The van der Waals surface area contributed by atoms with Crippen molar-refractivity contribution in [2.24, 2.45) is 0 Å². The zero-order chi connectivity index (χ0) is 27.7. The van der Waals surface area contributed by atoms with E-state index < -0.39 is 10.8 Å². The first-order chi connectivity index (χ1) is 18.7. The first-order valence-corrected chi connectivity index (χ1v) is 12.0. The molecule has 1 aliphatic heterocycles. The van der Waals surface area contributed by atoms with Gasteiger partial charge in [0.05, 0.1) is 29.0 Å². The number of anilines is 5. The van der Waals surface area contributed by atoms with Crippen molar-refractivity contribution in [3.63, 3.8) is 0 Å². The molecule has 5 rings (SSSR count). The summed E-state index contributed by atoms with van der Waals surface area (Å²) in [5.74, 6) is 0.415. The lowest BCUT2D eigenvalue weighted by Gasteiger charge is -2.35.